The number of rotatable bonds is 6. The number of hydrogen-bond donors (Lipinski definition) is 1. The Morgan fingerprint density at radius 2 is 2.14 bits per heavy atom. The van der Waals surface area contributed by atoms with Crippen molar-refractivity contribution in [2.75, 3.05) is 6.54 Å². The number of benzene rings is 1. The molecule has 0 amide bonds. The number of oxazole rings is 1. The van der Waals surface area contributed by atoms with Crippen LogP contribution in [0.1, 0.15) is 30.8 Å². The Hall–Kier alpha value is -1.59. The maximum absolute atomic E-state index is 5.82. The molecule has 3 rings (SSSR count). The van der Waals surface area contributed by atoms with Gasteiger partial charge in [0.1, 0.15) is 5.52 Å². The fourth-order valence-corrected chi connectivity index (χ4v) is 2.86. The topological polar surface area (TPSA) is 51.2 Å². The molecule has 0 bridgehead atoms. The van der Waals surface area contributed by atoms with Crippen molar-refractivity contribution in [2.24, 2.45) is 0 Å². The molecular weight excluding hydrogens is 332 g/mol. The number of fused-ring (bicyclic) bond motifs is 1. The van der Waals surface area contributed by atoms with Crippen LogP contribution in [-0.4, -0.2) is 11.5 Å². The number of furan rings is 1. The van der Waals surface area contributed by atoms with Crippen LogP contribution in [0.4, 0.5) is 0 Å². The van der Waals surface area contributed by atoms with E-state index in [2.05, 4.69) is 33.2 Å². The summed E-state index contributed by atoms with van der Waals surface area (Å²) in [4.78, 5) is 4.55. The molecule has 1 atom stereocenters. The van der Waals surface area contributed by atoms with Crippen LogP contribution >= 0.6 is 15.9 Å². The van der Waals surface area contributed by atoms with Crippen LogP contribution in [0.5, 0.6) is 0 Å². The molecule has 5 heteroatoms. The summed E-state index contributed by atoms with van der Waals surface area (Å²) in [6.07, 6.45) is 3.44. The van der Waals surface area contributed by atoms with Crippen molar-refractivity contribution in [3.8, 4) is 0 Å². The van der Waals surface area contributed by atoms with E-state index in [4.69, 9.17) is 8.83 Å². The van der Waals surface area contributed by atoms with Crippen LogP contribution in [-0.2, 0) is 6.42 Å². The summed E-state index contributed by atoms with van der Waals surface area (Å²) < 4.78 is 11.9. The minimum Gasteiger partial charge on any atom is -0.457 e. The van der Waals surface area contributed by atoms with E-state index in [-0.39, 0.29) is 6.04 Å². The first-order valence-corrected chi connectivity index (χ1v) is 7.88. The fourth-order valence-electron chi connectivity index (χ4n) is 2.35. The average molecular weight is 349 g/mol. The van der Waals surface area contributed by atoms with Gasteiger partial charge in [-0.25, -0.2) is 4.98 Å². The van der Waals surface area contributed by atoms with E-state index in [9.17, 15) is 0 Å². The van der Waals surface area contributed by atoms with Gasteiger partial charge in [0.2, 0.25) is 0 Å². The first-order valence-electron chi connectivity index (χ1n) is 7.08. The van der Waals surface area contributed by atoms with Gasteiger partial charge in [-0.3, -0.25) is 0 Å². The lowest BCUT2D eigenvalue weighted by molar-refractivity contribution is 0.445. The molecule has 0 spiro atoms. The predicted molar refractivity (Wildman–Crippen MR) is 85.2 cm³/mol. The van der Waals surface area contributed by atoms with Crippen molar-refractivity contribution in [2.45, 2.75) is 25.8 Å². The van der Waals surface area contributed by atoms with Crippen molar-refractivity contribution in [3.05, 3.63) is 52.7 Å². The van der Waals surface area contributed by atoms with Crippen LogP contribution in [0.2, 0.25) is 0 Å². The van der Waals surface area contributed by atoms with E-state index in [1.165, 1.54) is 0 Å². The van der Waals surface area contributed by atoms with E-state index >= 15 is 0 Å². The van der Waals surface area contributed by atoms with Gasteiger partial charge in [0.05, 0.1) is 6.26 Å². The molecule has 21 heavy (non-hydrogen) atoms. The summed E-state index contributed by atoms with van der Waals surface area (Å²) >= 11 is 3.45. The quantitative estimate of drug-likeness (QED) is 0.714. The molecule has 0 fully saturated rings. The molecule has 1 N–H and O–H groups in total. The number of para-hydroxylation sites is 2. The zero-order chi connectivity index (χ0) is 14.7. The monoisotopic (exact) mass is 348 g/mol. The molecule has 2 heterocycles. The van der Waals surface area contributed by atoms with Gasteiger partial charge in [0.15, 0.2) is 16.1 Å². The third-order valence-electron chi connectivity index (χ3n) is 3.38. The summed E-state index contributed by atoms with van der Waals surface area (Å²) in [7, 11) is 0. The number of nitrogens with one attached hydrogen (secondary N) is 1. The molecule has 0 saturated heterocycles. The largest absolute Gasteiger partial charge is 0.457 e. The van der Waals surface area contributed by atoms with Gasteiger partial charge in [0.25, 0.3) is 0 Å². The van der Waals surface area contributed by atoms with Crippen molar-refractivity contribution in [3.63, 3.8) is 0 Å². The first kappa shape index (κ1) is 14.4. The molecule has 110 valence electrons. The van der Waals surface area contributed by atoms with E-state index in [1.807, 2.05) is 30.3 Å². The lowest BCUT2D eigenvalue weighted by Crippen LogP contribution is -2.24. The van der Waals surface area contributed by atoms with Crippen LogP contribution in [0.15, 0.2) is 50.1 Å². The fraction of sp³-hybridized carbons (Fsp3) is 0.312. The maximum Gasteiger partial charge on any atom is 0.197 e. The highest BCUT2D eigenvalue weighted by Crippen LogP contribution is 2.28. The van der Waals surface area contributed by atoms with Crippen molar-refractivity contribution < 1.29 is 8.83 Å². The van der Waals surface area contributed by atoms with E-state index in [0.29, 0.717) is 6.42 Å². The maximum atomic E-state index is 5.82. The van der Waals surface area contributed by atoms with Crippen LogP contribution < -0.4 is 5.32 Å². The molecule has 1 unspecified atom stereocenters. The predicted octanol–water partition coefficient (Wildman–Crippen LogP) is 4.47. The lowest BCUT2D eigenvalue weighted by Gasteiger charge is -2.15. The minimum atomic E-state index is 0.117. The lowest BCUT2D eigenvalue weighted by atomic mass is 10.1. The standard InChI is InChI=1S/C16H17BrN2O2/c1-2-8-18-13(11-7-9-20-16(11)17)10-15-19-12-5-3-4-6-14(12)21-15/h3-7,9,13,18H,2,8,10H2,1H3. The molecule has 0 aliphatic carbocycles. The van der Waals surface area contributed by atoms with Crippen LogP contribution in [0.25, 0.3) is 11.1 Å². The highest BCUT2D eigenvalue weighted by molar-refractivity contribution is 9.10. The summed E-state index contributed by atoms with van der Waals surface area (Å²) in [5.41, 5.74) is 2.81. The zero-order valence-corrected chi connectivity index (χ0v) is 13.4. The Labute approximate surface area is 131 Å². The highest BCUT2D eigenvalue weighted by atomic mass is 79.9. The molecule has 0 saturated carbocycles. The molecule has 0 radical (unpaired) electrons. The third-order valence-corrected chi connectivity index (χ3v) is 4.02. The summed E-state index contributed by atoms with van der Waals surface area (Å²) in [5, 5.41) is 3.52. The average Bonchev–Trinajstić information content (AvgIpc) is 3.08. The van der Waals surface area contributed by atoms with Gasteiger partial charge in [0, 0.05) is 18.0 Å². The van der Waals surface area contributed by atoms with E-state index < -0.39 is 0 Å². The molecule has 2 aromatic heterocycles. The van der Waals surface area contributed by atoms with Crippen molar-refractivity contribution >= 4 is 27.0 Å². The van der Waals surface area contributed by atoms with E-state index in [0.717, 1.165) is 40.2 Å². The first-order chi connectivity index (χ1) is 10.3. The van der Waals surface area contributed by atoms with Gasteiger partial charge in [-0.2, -0.15) is 0 Å². The summed E-state index contributed by atoms with van der Waals surface area (Å²) in [5.74, 6) is 0.734. The Balaban J connectivity index is 1.85. The minimum absolute atomic E-state index is 0.117. The summed E-state index contributed by atoms with van der Waals surface area (Å²) in [6, 6.07) is 9.91. The molecule has 0 aliphatic rings. The molecule has 3 aromatic rings. The normalized spacial score (nSPS) is 12.9. The third kappa shape index (κ3) is 3.19. The second kappa shape index (κ2) is 6.45. The Morgan fingerprint density at radius 3 is 2.86 bits per heavy atom. The van der Waals surface area contributed by atoms with E-state index in [1.54, 1.807) is 6.26 Å². The van der Waals surface area contributed by atoms with Crippen molar-refractivity contribution in [1.29, 1.82) is 0 Å². The Morgan fingerprint density at radius 1 is 1.29 bits per heavy atom. The highest BCUT2D eigenvalue weighted by Gasteiger charge is 2.19. The number of halogens is 1. The zero-order valence-electron chi connectivity index (χ0n) is 11.8. The van der Waals surface area contributed by atoms with Gasteiger partial charge in [-0.15, -0.1) is 0 Å². The molecular formula is C16H17BrN2O2. The van der Waals surface area contributed by atoms with Gasteiger partial charge in [-0.1, -0.05) is 19.1 Å². The van der Waals surface area contributed by atoms with Crippen LogP contribution in [0.3, 0.4) is 0 Å². The number of nitrogens with zero attached hydrogens (tertiary/aromatic N) is 1. The summed E-state index contributed by atoms with van der Waals surface area (Å²) in [6.45, 7) is 3.08. The van der Waals surface area contributed by atoms with Gasteiger partial charge >= 0.3 is 0 Å². The van der Waals surface area contributed by atoms with Crippen LogP contribution in [0, 0.1) is 0 Å². The van der Waals surface area contributed by atoms with Gasteiger partial charge < -0.3 is 14.2 Å². The SMILES string of the molecule is CCCNC(Cc1nc2ccccc2o1)c1ccoc1Br. The molecule has 4 nitrogen and oxygen atoms in total. The van der Waals surface area contributed by atoms with Gasteiger partial charge in [-0.05, 0) is 47.1 Å². The second-order valence-electron chi connectivity index (χ2n) is 4.94. The Bertz CT molecular complexity index is 687. The number of hydrogen-bond acceptors (Lipinski definition) is 4. The number of aromatic nitrogens is 1. The second-order valence-corrected chi connectivity index (χ2v) is 5.66. The molecule has 0 aliphatic heterocycles. The molecule has 1 aromatic carbocycles. The Kier molecular flexibility index (Phi) is 4.41. The smallest absolute Gasteiger partial charge is 0.197 e. The van der Waals surface area contributed by atoms with Crippen molar-refractivity contribution in [1.82, 2.24) is 10.3 Å².